The summed E-state index contributed by atoms with van der Waals surface area (Å²) in [5, 5.41) is 7.10. The number of furan rings is 1. The largest absolute Gasteiger partial charge is 0.455 e. The lowest BCUT2D eigenvalue weighted by Crippen LogP contribution is -2.09. The molecule has 40 heavy (non-hydrogen) atoms. The van der Waals surface area contributed by atoms with Crippen LogP contribution in [0.5, 0.6) is 0 Å². The lowest BCUT2D eigenvalue weighted by atomic mass is 9.92. The molecule has 0 radical (unpaired) electrons. The van der Waals surface area contributed by atoms with Crippen molar-refractivity contribution in [1.82, 2.24) is 0 Å². The van der Waals surface area contributed by atoms with Crippen LogP contribution < -0.4 is 4.90 Å². The minimum Gasteiger partial charge on any atom is -0.455 e. The molecule has 0 aliphatic heterocycles. The third-order valence-corrected chi connectivity index (χ3v) is 7.81. The molecule has 0 amide bonds. The fourth-order valence-electron chi connectivity index (χ4n) is 6.01. The predicted octanol–water partition coefficient (Wildman–Crippen LogP) is 11.0. The van der Waals surface area contributed by atoms with E-state index in [0.717, 1.165) is 44.6 Å². The zero-order chi connectivity index (χ0) is 26.5. The van der Waals surface area contributed by atoms with E-state index >= 15 is 0 Å². The molecule has 188 valence electrons. The summed E-state index contributed by atoms with van der Waals surface area (Å²) in [4.78, 5) is 2.27. The highest BCUT2D eigenvalue weighted by molar-refractivity contribution is 6.21. The van der Waals surface area contributed by atoms with Crippen LogP contribution in [0.15, 0.2) is 156 Å². The lowest BCUT2D eigenvalue weighted by Gasteiger charge is -2.25. The van der Waals surface area contributed by atoms with E-state index in [9.17, 15) is 0 Å². The van der Waals surface area contributed by atoms with E-state index in [1.54, 1.807) is 0 Å². The van der Waals surface area contributed by atoms with Crippen LogP contribution in [0.25, 0.3) is 54.6 Å². The maximum absolute atomic E-state index is 6.83. The third kappa shape index (κ3) is 3.58. The van der Waals surface area contributed by atoms with Crippen molar-refractivity contribution in [1.29, 1.82) is 0 Å². The Labute approximate surface area is 232 Å². The zero-order valence-corrected chi connectivity index (χ0v) is 21.8. The second-order valence-corrected chi connectivity index (χ2v) is 10.2. The molecule has 1 heterocycles. The molecule has 2 nitrogen and oxygen atoms in total. The summed E-state index contributed by atoms with van der Waals surface area (Å²) in [7, 11) is 0. The molecule has 0 saturated heterocycles. The SMILES string of the molecule is c1ccc(N(c2ccccc2)c2ccc3c(c2)oc2c(-c4cccc5ccccc45)c4ccccc4cc23)cc1. The van der Waals surface area contributed by atoms with Gasteiger partial charge in [-0.3, -0.25) is 0 Å². The maximum atomic E-state index is 6.83. The van der Waals surface area contributed by atoms with Gasteiger partial charge in [0, 0.05) is 39.5 Å². The molecule has 0 aliphatic carbocycles. The Balaban J connectivity index is 1.42. The monoisotopic (exact) mass is 511 g/mol. The van der Waals surface area contributed by atoms with Crippen molar-refractivity contribution in [3.8, 4) is 11.1 Å². The van der Waals surface area contributed by atoms with E-state index in [4.69, 9.17) is 4.42 Å². The zero-order valence-electron chi connectivity index (χ0n) is 21.8. The van der Waals surface area contributed by atoms with Crippen LogP contribution >= 0.6 is 0 Å². The summed E-state index contributed by atoms with van der Waals surface area (Å²) >= 11 is 0. The molecular formula is C38H25NO. The van der Waals surface area contributed by atoms with E-state index in [-0.39, 0.29) is 0 Å². The fraction of sp³-hybridized carbons (Fsp3) is 0. The van der Waals surface area contributed by atoms with Crippen molar-refractivity contribution < 1.29 is 4.42 Å². The Kier molecular flexibility index (Phi) is 5.17. The summed E-state index contributed by atoms with van der Waals surface area (Å²) in [6, 6.07) is 53.6. The van der Waals surface area contributed by atoms with Gasteiger partial charge in [0.1, 0.15) is 11.2 Å². The third-order valence-electron chi connectivity index (χ3n) is 7.81. The van der Waals surface area contributed by atoms with E-state index < -0.39 is 0 Å². The van der Waals surface area contributed by atoms with Gasteiger partial charge >= 0.3 is 0 Å². The first-order valence-corrected chi connectivity index (χ1v) is 13.6. The van der Waals surface area contributed by atoms with Gasteiger partial charge in [-0.05, 0) is 69.6 Å². The van der Waals surface area contributed by atoms with Crippen LogP contribution in [-0.4, -0.2) is 0 Å². The predicted molar refractivity (Wildman–Crippen MR) is 169 cm³/mol. The number of benzene rings is 7. The molecule has 0 N–H and O–H groups in total. The van der Waals surface area contributed by atoms with Crippen LogP contribution in [0, 0.1) is 0 Å². The van der Waals surface area contributed by atoms with Gasteiger partial charge in [-0.25, -0.2) is 0 Å². The molecule has 8 rings (SSSR count). The molecule has 7 aromatic carbocycles. The number of hydrogen-bond donors (Lipinski definition) is 0. The number of anilines is 3. The number of hydrogen-bond acceptors (Lipinski definition) is 2. The summed E-state index contributed by atoms with van der Waals surface area (Å²) in [6.45, 7) is 0. The second kappa shape index (κ2) is 9.14. The normalized spacial score (nSPS) is 11.5. The summed E-state index contributed by atoms with van der Waals surface area (Å²) < 4.78 is 6.83. The number of para-hydroxylation sites is 2. The first-order valence-electron chi connectivity index (χ1n) is 13.6. The van der Waals surface area contributed by atoms with Gasteiger partial charge in [0.2, 0.25) is 0 Å². The topological polar surface area (TPSA) is 16.4 Å². The van der Waals surface area contributed by atoms with Crippen LogP contribution in [0.2, 0.25) is 0 Å². The highest BCUT2D eigenvalue weighted by Gasteiger charge is 2.19. The average molecular weight is 512 g/mol. The Hall–Kier alpha value is -5.34. The van der Waals surface area contributed by atoms with E-state index in [0.29, 0.717) is 0 Å². The van der Waals surface area contributed by atoms with Gasteiger partial charge in [0.25, 0.3) is 0 Å². The van der Waals surface area contributed by atoms with Crippen molar-refractivity contribution >= 4 is 60.5 Å². The van der Waals surface area contributed by atoms with Crippen LogP contribution in [0.3, 0.4) is 0 Å². The molecule has 2 heteroatoms. The second-order valence-electron chi connectivity index (χ2n) is 10.2. The quantitative estimate of drug-likeness (QED) is 0.234. The molecule has 0 saturated carbocycles. The highest BCUT2D eigenvalue weighted by atomic mass is 16.3. The lowest BCUT2D eigenvalue weighted by molar-refractivity contribution is 0.670. The number of rotatable bonds is 4. The van der Waals surface area contributed by atoms with Gasteiger partial charge in [-0.2, -0.15) is 0 Å². The molecule has 0 spiro atoms. The van der Waals surface area contributed by atoms with E-state index in [2.05, 4.69) is 157 Å². The molecule has 0 unspecified atom stereocenters. The smallest absolute Gasteiger partial charge is 0.143 e. The van der Waals surface area contributed by atoms with Crippen molar-refractivity contribution in [3.05, 3.63) is 152 Å². The van der Waals surface area contributed by atoms with E-state index in [1.165, 1.54) is 27.1 Å². The first kappa shape index (κ1) is 22.6. The molecular weight excluding hydrogens is 486 g/mol. The van der Waals surface area contributed by atoms with Gasteiger partial charge in [-0.1, -0.05) is 103 Å². The van der Waals surface area contributed by atoms with Crippen LogP contribution in [-0.2, 0) is 0 Å². The maximum Gasteiger partial charge on any atom is 0.143 e. The fourth-order valence-corrected chi connectivity index (χ4v) is 6.01. The molecule has 0 bridgehead atoms. The number of fused-ring (bicyclic) bond motifs is 5. The Morgan fingerprint density at radius 1 is 0.400 bits per heavy atom. The average Bonchev–Trinajstić information content (AvgIpc) is 3.38. The molecule has 0 fully saturated rings. The van der Waals surface area contributed by atoms with Crippen molar-refractivity contribution in [3.63, 3.8) is 0 Å². The Morgan fingerprint density at radius 2 is 1.02 bits per heavy atom. The Morgan fingerprint density at radius 3 is 1.77 bits per heavy atom. The summed E-state index contributed by atoms with van der Waals surface area (Å²) in [5.74, 6) is 0. The minimum atomic E-state index is 0.876. The van der Waals surface area contributed by atoms with Gasteiger partial charge in [0.15, 0.2) is 0 Å². The van der Waals surface area contributed by atoms with Gasteiger partial charge < -0.3 is 9.32 Å². The summed E-state index contributed by atoms with van der Waals surface area (Å²) in [5.41, 5.74) is 7.40. The molecule has 0 atom stereocenters. The van der Waals surface area contributed by atoms with Crippen molar-refractivity contribution in [2.24, 2.45) is 0 Å². The Bertz CT molecular complexity index is 2120. The molecule has 8 aromatic rings. The first-order chi connectivity index (χ1) is 19.8. The standard InChI is InChI=1S/C38H25NO/c1-3-15-28(16-4-1)39(29-17-5-2-6-18-29)30-22-23-33-35-24-27-13-8-10-20-32(27)37(38(35)40-36(33)25-30)34-21-11-14-26-12-7-9-19-31(26)34/h1-25H. The van der Waals surface area contributed by atoms with Crippen molar-refractivity contribution in [2.45, 2.75) is 0 Å². The van der Waals surface area contributed by atoms with E-state index in [1.807, 2.05) is 0 Å². The minimum absolute atomic E-state index is 0.876. The number of nitrogens with zero attached hydrogens (tertiary/aromatic N) is 1. The van der Waals surface area contributed by atoms with Crippen LogP contribution in [0.1, 0.15) is 0 Å². The highest BCUT2D eigenvalue weighted by Crippen LogP contribution is 2.44. The van der Waals surface area contributed by atoms with Gasteiger partial charge in [-0.15, -0.1) is 0 Å². The summed E-state index contributed by atoms with van der Waals surface area (Å²) in [6.07, 6.45) is 0. The van der Waals surface area contributed by atoms with Gasteiger partial charge in [0.05, 0.1) is 0 Å². The van der Waals surface area contributed by atoms with Crippen molar-refractivity contribution in [2.75, 3.05) is 4.90 Å². The molecule has 0 aliphatic rings. The molecule has 1 aromatic heterocycles. The van der Waals surface area contributed by atoms with Crippen LogP contribution in [0.4, 0.5) is 17.1 Å².